The summed E-state index contributed by atoms with van der Waals surface area (Å²) >= 11 is 0. The molecule has 0 unspecified atom stereocenters. The largest absolute Gasteiger partial charge is 0.436 e. The van der Waals surface area contributed by atoms with Gasteiger partial charge in [-0.1, -0.05) is 42.5 Å². The minimum Gasteiger partial charge on any atom is -0.436 e. The Bertz CT molecular complexity index is 909. The highest BCUT2D eigenvalue weighted by Gasteiger charge is 2.12. The normalized spacial score (nSPS) is 11.0. The fraction of sp³-hybridized carbons (Fsp3) is 0.0526. The standard InChI is InChI=1S/C19H14N2O/c1-13-11-17(14-7-3-2-4-8-14)20-12-15(13)19-21-16-9-5-6-10-18(16)22-19/h2-12H,1H3. The Morgan fingerprint density at radius 3 is 2.45 bits per heavy atom. The van der Waals surface area contributed by atoms with Gasteiger partial charge in [0.1, 0.15) is 5.52 Å². The van der Waals surface area contributed by atoms with Gasteiger partial charge in [0.15, 0.2) is 5.58 Å². The van der Waals surface area contributed by atoms with Crippen LogP contribution in [0.4, 0.5) is 0 Å². The summed E-state index contributed by atoms with van der Waals surface area (Å²) in [5.41, 5.74) is 5.75. The minimum atomic E-state index is 0.616. The summed E-state index contributed by atoms with van der Waals surface area (Å²) in [5, 5.41) is 0. The van der Waals surface area contributed by atoms with Gasteiger partial charge in [0.05, 0.1) is 11.3 Å². The van der Waals surface area contributed by atoms with E-state index < -0.39 is 0 Å². The van der Waals surface area contributed by atoms with Crippen LogP contribution in [-0.2, 0) is 0 Å². The third-order valence-electron chi connectivity index (χ3n) is 3.70. The number of hydrogen-bond donors (Lipinski definition) is 0. The number of pyridine rings is 1. The summed E-state index contributed by atoms with van der Waals surface area (Å²) in [6, 6.07) is 20.0. The number of benzene rings is 2. The Kier molecular flexibility index (Phi) is 2.97. The second-order valence-corrected chi connectivity index (χ2v) is 5.24. The lowest BCUT2D eigenvalue weighted by Crippen LogP contribution is -1.89. The highest BCUT2D eigenvalue weighted by Crippen LogP contribution is 2.28. The van der Waals surface area contributed by atoms with Crippen molar-refractivity contribution in [3.8, 4) is 22.7 Å². The van der Waals surface area contributed by atoms with E-state index in [1.807, 2.05) is 48.7 Å². The summed E-state index contributed by atoms with van der Waals surface area (Å²) in [6.07, 6.45) is 1.84. The highest BCUT2D eigenvalue weighted by molar-refractivity contribution is 5.77. The zero-order valence-electron chi connectivity index (χ0n) is 12.2. The van der Waals surface area contributed by atoms with Crippen LogP contribution in [0.15, 0.2) is 71.3 Å². The number of rotatable bonds is 2. The molecule has 3 heteroatoms. The van der Waals surface area contributed by atoms with Crippen molar-refractivity contribution >= 4 is 11.1 Å². The first-order chi connectivity index (χ1) is 10.8. The molecule has 0 aliphatic heterocycles. The second kappa shape index (κ2) is 5.11. The van der Waals surface area contributed by atoms with E-state index in [4.69, 9.17) is 4.42 Å². The fourth-order valence-electron chi connectivity index (χ4n) is 2.53. The maximum Gasteiger partial charge on any atom is 0.229 e. The molecule has 0 spiro atoms. The molecule has 0 aliphatic carbocycles. The molecule has 0 aliphatic rings. The third kappa shape index (κ3) is 2.17. The Labute approximate surface area is 128 Å². The number of aromatic nitrogens is 2. The van der Waals surface area contributed by atoms with Crippen molar-refractivity contribution in [1.29, 1.82) is 0 Å². The Balaban J connectivity index is 1.80. The first-order valence-electron chi connectivity index (χ1n) is 7.19. The predicted octanol–water partition coefficient (Wildman–Crippen LogP) is 4.87. The molecule has 2 aromatic heterocycles. The van der Waals surface area contributed by atoms with E-state index in [9.17, 15) is 0 Å². The lowest BCUT2D eigenvalue weighted by molar-refractivity contribution is 0.619. The van der Waals surface area contributed by atoms with Crippen LogP contribution in [-0.4, -0.2) is 9.97 Å². The van der Waals surface area contributed by atoms with Gasteiger partial charge in [-0.05, 0) is 30.7 Å². The van der Waals surface area contributed by atoms with Crippen molar-refractivity contribution < 1.29 is 4.42 Å². The predicted molar refractivity (Wildman–Crippen MR) is 87.4 cm³/mol. The zero-order chi connectivity index (χ0) is 14.9. The van der Waals surface area contributed by atoms with E-state index in [1.54, 1.807) is 0 Å². The molecule has 4 aromatic rings. The third-order valence-corrected chi connectivity index (χ3v) is 3.70. The molecular formula is C19H14N2O. The van der Waals surface area contributed by atoms with Crippen LogP contribution in [0, 0.1) is 6.92 Å². The first-order valence-corrected chi connectivity index (χ1v) is 7.19. The molecule has 2 heterocycles. The second-order valence-electron chi connectivity index (χ2n) is 5.24. The number of para-hydroxylation sites is 2. The molecule has 106 valence electrons. The molecule has 0 saturated heterocycles. The summed E-state index contributed by atoms with van der Waals surface area (Å²) in [6.45, 7) is 2.05. The van der Waals surface area contributed by atoms with Crippen molar-refractivity contribution in [1.82, 2.24) is 9.97 Å². The number of oxazole rings is 1. The SMILES string of the molecule is Cc1cc(-c2ccccc2)ncc1-c1nc2ccccc2o1. The van der Waals surface area contributed by atoms with Gasteiger partial charge >= 0.3 is 0 Å². The Hall–Kier alpha value is -2.94. The molecule has 0 bridgehead atoms. The van der Waals surface area contributed by atoms with E-state index in [0.717, 1.165) is 33.5 Å². The van der Waals surface area contributed by atoms with Crippen LogP contribution in [0.3, 0.4) is 0 Å². The molecule has 2 aromatic carbocycles. The molecule has 0 saturated carbocycles. The summed E-state index contributed by atoms with van der Waals surface area (Å²) < 4.78 is 5.83. The van der Waals surface area contributed by atoms with Gasteiger partial charge in [0.25, 0.3) is 0 Å². The van der Waals surface area contributed by atoms with Crippen molar-refractivity contribution in [2.24, 2.45) is 0 Å². The minimum absolute atomic E-state index is 0.616. The van der Waals surface area contributed by atoms with Crippen LogP contribution in [0.5, 0.6) is 0 Å². The number of hydrogen-bond acceptors (Lipinski definition) is 3. The number of fused-ring (bicyclic) bond motifs is 1. The van der Waals surface area contributed by atoms with Gasteiger partial charge in [-0.25, -0.2) is 4.98 Å². The molecule has 0 radical (unpaired) electrons. The van der Waals surface area contributed by atoms with E-state index in [-0.39, 0.29) is 0 Å². The molecule has 0 atom stereocenters. The average molecular weight is 286 g/mol. The van der Waals surface area contributed by atoms with Crippen LogP contribution in [0.2, 0.25) is 0 Å². The fourth-order valence-corrected chi connectivity index (χ4v) is 2.53. The van der Waals surface area contributed by atoms with Gasteiger partial charge in [0, 0.05) is 11.8 Å². The molecule has 0 amide bonds. The van der Waals surface area contributed by atoms with Gasteiger partial charge in [-0.15, -0.1) is 0 Å². The summed E-state index contributed by atoms with van der Waals surface area (Å²) in [5.74, 6) is 0.616. The lowest BCUT2D eigenvalue weighted by Gasteiger charge is -2.05. The monoisotopic (exact) mass is 286 g/mol. The molecule has 4 rings (SSSR count). The Morgan fingerprint density at radius 2 is 1.68 bits per heavy atom. The van der Waals surface area contributed by atoms with E-state index in [2.05, 4.69) is 35.1 Å². The van der Waals surface area contributed by atoms with Gasteiger partial charge in [-0.3, -0.25) is 4.98 Å². The average Bonchev–Trinajstić information content (AvgIpc) is 2.99. The molecule has 3 nitrogen and oxygen atoms in total. The van der Waals surface area contributed by atoms with Crippen LogP contribution >= 0.6 is 0 Å². The van der Waals surface area contributed by atoms with Gasteiger partial charge in [0.2, 0.25) is 5.89 Å². The van der Waals surface area contributed by atoms with Crippen molar-refractivity contribution in [2.75, 3.05) is 0 Å². The summed E-state index contributed by atoms with van der Waals surface area (Å²) in [4.78, 5) is 9.10. The van der Waals surface area contributed by atoms with Crippen LogP contribution in [0.25, 0.3) is 33.8 Å². The zero-order valence-corrected chi connectivity index (χ0v) is 12.2. The van der Waals surface area contributed by atoms with Crippen LogP contribution in [0.1, 0.15) is 5.56 Å². The van der Waals surface area contributed by atoms with E-state index in [1.165, 1.54) is 0 Å². The lowest BCUT2D eigenvalue weighted by atomic mass is 10.1. The molecule has 0 fully saturated rings. The van der Waals surface area contributed by atoms with Crippen molar-refractivity contribution in [3.05, 3.63) is 72.4 Å². The number of nitrogens with zero attached hydrogens (tertiary/aromatic N) is 2. The maximum absolute atomic E-state index is 5.83. The van der Waals surface area contributed by atoms with Crippen molar-refractivity contribution in [2.45, 2.75) is 6.92 Å². The van der Waals surface area contributed by atoms with Crippen LogP contribution < -0.4 is 0 Å². The summed E-state index contributed by atoms with van der Waals surface area (Å²) in [7, 11) is 0. The van der Waals surface area contributed by atoms with E-state index >= 15 is 0 Å². The van der Waals surface area contributed by atoms with E-state index in [0.29, 0.717) is 5.89 Å². The molecular weight excluding hydrogens is 272 g/mol. The number of aryl methyl sites for hydroxylation is 1. The highest BCUT2D eigenvalue weighted by atomic mass is 16.3. The smallest absolute Gasteiger partial charge is 0.229 e. The quantitative estimate of drug-likeness (QED) is 0.528. The molecule has 22 heavy (non-hydrogen) atoms. The van der Waals surface area contributed by atoms with Crippen molar-refractivity contribution in [3.63, 3.8) is 0 Å². The topological polar surface area (TPSA) is 38.9 Å². The van der Waals surface area contributed by atoms with Gasteiger partial charge < -0.3 is 4.42 Å². The Morgan fingerprint density at radius 1 is 0.909 bits per heavy atom. The maximum atomic E-state index is 5.83. The molecule has 0 N–H and O–H groups in total. The first kappa shape index (κ1) is 12.8. The van der Waals surface area contributed by atoms with Gasteiger partial charge in [-0.2, -0.15) is 0 Å².